The summed E-state index contributed by atoms with van der Waals surface area (Å²) in [6, 6.07) is 0. The van der Waals surface area contributed by atoms with E-state index in [0.717, 1.165) is 25.1 Å². The second-order valence-electron chi connectivity index (χ2n) is 4.58. The van der Waals surface area contributed by atoms with E-state index in [1.807, 2.05) is 0 Å². The van der Waals surface area contributed by atoms with Gasteiger partial charge in [0, 0.05) is 17.7 Å². The van der Waals surface area contributed by atoms with E-state index in [1.54, 1.807) is 0 Å². The Hall–Kier alpha value is -1.12. The maximum Gasteiger partial charge on any atom is 0.131 e. The van der Waals surface area contributed by atoms with Gasteiger partial charge in [0.15, 0.2) is 0 Å². The Morgan fingerprint density at radius 2 is 2.07 bits per heavy atom. The van der Waals surface area contributed by atoms with Crippen molar-refractivity contribution in [2.24, 2.45) is 0 Å². The first kappa shape index (κ1) is 9.44. The van der Waals surface area contributed by atoms with Gasteiger partial charge in [-0.15, -0.1) is 0 Å². The van der Waals surface area contributed by atoms with Crippen molar-refractivity contribution < 1.29 is 0 Å². The molecule has 1 aliphatic carbocycles. The Morgan fingerprint density at radius 1 is 1.36 bits per heavy atom. The number of nitrogens with two attached hydrogens (primary N) is 1. The summed E-state index contributed by atoms with van der Waals surface area (Å²) in [7, 11) is 0. The molecule has 0 saturated heterocycles. The van der Waals surface area contributed by atoms with Gasteiger partial charge in [-0.05, 0) is 18.3 Å². The highest BCUT2D eigenvalue weighted by Crippen LogP contribution is 2.39. The van der Waals surface area contributed by atoms with Gasteiger partial charge >= 0.3 is 0 Å². The van der Waals surface area contributed by atoms with Crippen molar-refractivity contribution in [3.63, 3.8) is 0 Å². The van der Waals surface area contributed by atoms with Crippen LogP contribution >= 0.6 is 0 Å². The average molecular weight is 191 g/mol. The van der Waals surface area contributed by atoms with Crippen LogP contribution in [0.4, 0.5) is 5.82 Å². The van der Waals surface area contributed by atoms with Crippen molar-refractivity contribution in [2.75, 3.05) is 5.73 Å². The van der Waals surface area contributed by atoms with Gasteiger partial charge < -0.3 is 5.73 Å². The minimum atomic E-state index is 0.158. The Labute approximate surface area is 84.8 Å². The monoisotopic (exact) mass is 191 g/mol. The van der Waals surface area contributed by atoms with E-state index in [-0.39, 0.29) is 5.41 Å². The van der Waals surface area contributed by atoms with Gasteiger partial charge in [0.1, 0.15) is 11.6 Å². The molecule has 0 spiro atoms. The van der Waals surface area contributed by atoms with Crippen LogP contribution in [0.1, 0.15) is 44.3 Å². The van der Waals surface area contributed by atoms with Crippen LogP contribution in [0.5, 0.6) is 0 Å². The zero-order chi connectivity index (χ0) is 10.3. The number of nitrogen functional groups attached to an aromatic ring is 1. The topological polar surface area (TPSA) is 51.8 Å². The molecule has 1 aromatic heterocycles. The highest BCUT2D eigenvalue weighted by Gasteiger charge is 2.33. The molecule has 0 aliphatic heterocycles. The van der Waals surface area contributed by atoms with Crippen LogP contribution in [0.3, 0.4) is 0 Å². The third-order valence-electron chi connectivity index (χ3n) is 3.04. The zero-order valence-corrected chi connectivity index (χ0v) is 9.09. The fraction of sp³-hybridized carbons (Fsp3) is 0.636. The molecule has 0 amide bonds. The molecular weight excluding hydrogens is 174 g/mol. The molecule has 0 atom stereocenters. The highest BCUT2D eigenvalue weighted by molar-refractivity contribution is 5.50. The molecule has 14 heavy (non-hydrogen) atoms. The summed E-state index contributed by atoms with van der Waals surface area (Å²) in [6.07, 6.45) is 3.04. The van der Waals surface area contributed by atoms with Crippen molar-refractivity contribution >= 4 is 5.82 Å². The van der Waals surface area contributed by atoms with Crippen LogP contribution in [-0.4, -0.2) is 9.97 Å². The normalized spacial score (nSPS) is 18.2. The second kappa shape index (κ2) is 2.94. The Morgan fingerprint density at radius 3 is 2.71 bits per heavy atom. The Bertz CT molecular complexity index is 369. The lowest BCUT2D eigenvalue weighted by atomic mass is 9.87. The molecule has 0 fully saturated rings. The summed E-state index contributed by atoms with van der Waals surface area (Å²) in [6.45, 7) is 6.48. The molecule has 0 aromatic carbocycles. The molecule has 0 saturated carbocycles. The van der Waals surface area contributed by atoms with Gasteiger partial charge in [0.25, 0.3) is 0 Å². The fourth-order valence-electron chi connectivity index (χ4n) is 2.21. The molecular formula is C11H17N3. The molecule has 3 nitrogen and oxygen atoms in total. The van der Waals surface area contributed by atoms with Gasteiger partial charge in [0.2, 0.25) is 0 Å². The number of hydrogen-bond donors (Lipinski definition) is 1. The molecule has 2 rings (SSSR count). The first-order chi connectivity index (χ1) is 6.54. The lowest BCUT2D eigenvalue weighted by molar-refractivity contribution is 0.523. The van der Waals surface area contributed by atoms with Crippen LogP contribution in [-0.2, 0) is 18.3 Å². The van der Waals surface area contributed by atoms with Crippen molar-refractivity contribution in [1.29, 1.82) is 0 Å². The van der Waals surface area contributed by atoms with Gasteiger partial charge in [-0.3, -0.25) is 0 Å². The smallest absolute Gasteiger partial charge is 0.131 e. The van der Waals surface area contributed by atoms with E-state index in [0.29, 0.717) is 5.82 Å². The summed E-state index contributed by atoms with van der Waals surface area (Å²) >= 11 is 0. The second-order valence-corrected chi connectivity index (χ2v) is 4.58. The van der Waals surface area contributed by atoms with Crippen molar-refractivity contribution in [1.82, 2.24) is 9.97 Å². The molecule has 1 heterocycles. The summed E-state index contributed by atoms with van der Waals surface area (Å²) in [5, 5.41) is 0. The largest absolute Gasteiger partial charge is 0.383 e. The summed E-state index contributed by atoms with van der Waals surface area (Å²) in [5.74, 6) is 1.56. The third-order valence-corrected chi connectivity index (χ3v) is 3.04. The third kappa shape index (κ3) is 1.27. The molecule has 1 aliphatic rings. The van der Waals surface area contributed by atoms with Crippen LogP contribution < -0.4 is 5.73 Å². The number of anilines is 1. The predicted octanol–water partition coefficient (Wildman–Crippen LogP) is 1.85. The van der Waals surface area contributed by atoms with Crippen molar-refractivity contribution in [3.05, 3.63) is 17.1 Å². The van der Waals surface area contributed by atoms with Crippen molar-refractivity contribution in [3.8, 4) is 0 Å². The first-order valence-corrected chi connectivity index (χ1v) is 5.20. The summed E-state index contributed by atoms with van der Waals surface area (Å²) in [5.41, 5.74) is 8.47. The highest BCUT2D eigenvalue weighted by atomic mass is 15.0. The van der Waals surface area contributed by atoms with Gasteiger partial charge in [-0.25, -0.2) is 9.97 Å². The minimum Gasteiger partial charge on any atom is -0.383 e. The Kier molecular flexibility index (Phi) is 1.98. The fourth-order valence-corrected chi connectivity index (χ4v) is 2.21. The standard InChI is InChI=1S/C11H17N3/c1-4-8-13-7-5-6-11(2,3)9(7)10(12)14-8/h4-6H2,1-3H3,(H2,12,13,14). The number of fused-ring (bicyclic) bond motifs is 1. The van der Waals surface area contributed by atoms with Gasteiger partial charge in [0.05, 0.1) is 0 Å². The predicted molar refractivity (Wildman–Crippen MR) is 57.2 cm³/mol. The maximum absolute atomic E-state index is 5.97. The number of aryl methyl sites for hydroxylation is 2. The van der Waals surface area contributed by atoms with E-state index in [2.05, 4.69) is 30.7 Å². The minimum absolute atomic E-state index is 0.158. The zero-order valence-electron chi connectivity index (χ0n) is 9.09. The van der Waals surface area contributed by atoms with E-state index in [4.69, 9.17) is 5.73 Å². The molecule has 76 valence electrons. The van der Waals surface area contributed by atoms with E-state index < -0.39 is 0 Å². The SMILES string of the molecule is CCc1nc(N)c2c(n1)CCC2(C)C. The summed E-state index contributed by atoms with van der Waals surface area (Å²) in [4.78, 5) is 8.86. The van der Waals surface area contributed by atoms with Crippen LogP contribution in [0.15, 0.2) is 0 Å². The lowest BCUT2D eigenvalue weighted by Gasteiger charge is -2.19. The molecule has 3 heteroatoms. The average Bonchev–Trinajstić information content (AvgIpc) is 2.42. The van der Waals surface area contributed by atoms with E-state index >= 15 is 0 Å². The van der Waals surface area contributed by atoms with E-state index in [9.17, 15) is 0 Å². The number of hydrogen-bond acceptors (Lipinski definition) is 3. The van der Waals surface area contributed by atoms with Gasteiger partial charge in [-0.2, -0.15) is 0 Å². The van der Waals surface area contributed by atoms with Crippen molar-refractivity contribution in [2.45, 2.75) is 45.4 Å². The van der Waals surface area contributed by atoms with Gasteiger partial charge in [-0.1, -0.05) is 20.8 Å². The van der Waals surface area contributed by atoms with E-state index in [1.165, 1.54) is 11.3 Å². The molecule has 0 bridgehead atoms. The quantitative estimate of drug-likeness (QED) is 0.737. The summed E-state index contributed by atoms with van der Waals surface area (Å²) < 4.78 is 0. The lowest BCUT2D eigenvalue weighted by Crippen LogP contribution is -2.16. The molecule has 0 radical (unpaired) electrons. The number of rotatable bonds is 1. The first-order valence-electron chi connectivity index (χ1n) is 5.20. The number of aromatic nitrogens is 2. The molecule has 2 N–H and O–H groups in total. The maximum atomic E-state index is 5.97. The molecule has 0 unspecified atom stereocenters. The van der Waals surface area contributed by atoms with Crippen LogP contribution in [0.2, 0.25) is 0 Å². The van der Waals surface area contributed by atoms with Crippen LogP contribution in [0, 0.1) is 0 Å². The Balaban J connectivity index is 2.58. The number of nitrogens with zero attached hydrogens (tertiary/aromatic N) is 2. The molecule has 1 aromatic rings. The van der Waals surface area contributed by atoms with Crippen LogP contribution in [0.25, 0.3) is 0 Å².